The smallest absolute Gasteiger partial charge is 0.119 e. The highest BCUT2D eigenvalue weighted by atomic mass is 79.9. The molecule has 0 spiro atoms. The van der Waals surface area contributed by atoms with Crippen molar-refractivity contribution >= 4 is 15.9 Å². The lowest BCUT2D eigenvalue weighted by Gasteiger charge is -2.18. The summed E-state index contributed by atoms with van der Waals surface area (Å²) in [5.41, 5.74) is 0. The molecule has 3 heteroatoms. The zero-order valence-electron chi connectivity index (χ0n) is 9.82. The maximum atomic E-state index is 9.17. The van der Waals surface area contributed by atoms with Crippen LogP contribution >= 0.6 is 15.9 Å². The molecule has 1 N–H and O–H groups in total. The maximum Gasteiger partial charge on any atom is 0.119 e. The van der Waals surface area contributed by atoms with Gasteiger partial charge in [0.25, 0.3) is 0 Å². The van der Waals surface area contributed by atoms with Crippen LogP contribution < -0.4 is 4.74 Å². The lowest BCUT2D eigenvalue weighted by molar-refractivity contribution is 0.158. The largest absolute Gasteiger partial charge is 0.494 e. The van der Waals surface area contributed by atoms with E-state index in [1.54, 1.807) is 0 Å². The van der Waals surface area contributed by atoms with Crippen molar-refractivity contribution in [2.75, 3.05) is 13.2 Å². The molecule has 0 aliphatic rings. The second-order valence-electron chi connectivity index (χ2n) is 4.28. The standard InChI is InChI=1S/C13H19BrO2/c1-10(2)11(9-15)7-8-16-13-5-3-12(14)4-6-13/h3-6,10-11,15H,7-9H2,1-2H3. The highest BCUT2D eigenvalue weighted by Gasteiger charge is 2.11. The van der Waals surface area contributed by atoms with Gasteiger partial charge in [-0.15, -0.1) is 0 Å². The summed E-state index contributed by atoms with van der Waals surface area (Å²) in [6.07, 6.45) is 0.893. The van der Waals surface area contributed by atoms with E-state index in [4.69, 9.17) is 9.84 Å². The number of rotatable bonds is 6. The van der Waals surface area contributed by atoms with Crippen molar-refractivity contribution in [3.05, 3.63) is 28.7 Å². The highest BCUT2D eigenvalue weighted by Crippen LogP contribution is 2.18. The third-order valence-corrected chi connectivity index (χ3v) is 3.28. The van der Waals surface area contributed by atoms with Gasteiger partial charge in [0.15, 0.2) is 0 Å². The van der Waals surface area contributed by atoms with Gasteiger partial charge in [-0.3, -0.25) is 0 Å². The predicted molar refractivity (Wildman–Crippen MR) is 69.7 cm³/mol. The molecular formula is C13H19BrO2. The van der Waals surface area contributed by atoms with Gasteiger partial charge >= 0.3 is 0 Å². The van der Waals surface area contributed by atoms with E-state index in [-0.39, 0.29) is 6.61 Å². The Kier molecular flexibility index (Phi) is 5.85. The highest BCUT2D eigenvalue weighted by molar-refractivity contribution is 9.10. The van der Waals surface area contributed by atoms with E-state index in [9.17, 15) is 0 Å². The van der Waals surface area contributed by atoms with Crippen LogP contribution in [0.15, 0.2) is 28.7 Å². The molecule has 1 aromatic rings. The Hall–Kier alpha value is -0.540. The lowest BCUT2D eigenvalue weighted by Crippen LogP contribution is -2.16. The molecule has 0 aliphatic carbocycles. The van der Waals surface area contributed by atoms with Crippen molar-refractivity contribution in [2.45, 2.75) is 20.3 Å². The Morgan fingerprint density at radius 1 is 1.25 bits per heavy atom. The van der Waals surface area contributed by atoms with Crippen LogP contribution in [0.2, 0.25) is 0 Å². The van der Waals surface area contributed by atoms with Crippen molar-refractivity contribution in [1.29, 1.82) is 0 Å². The summed E-state index contributed by atoms with van der Waals surface area (Å²) in [5, 5.41) is 9.17. The third kappa shape index (κ3) is 4.54. The fourth-order valence-corrected chi connectivity index (χ4v) is 1.76. The van der Waals surface area contributed by atoms with Gasteiger partial charge in [0.05, 0.1) is 6.61 Å². The number of halogens is 1. The molecule has 0 bridgehead atoms. The van der Waals surface area contributed by atoms with E-state index in [1.807, 2.05) is 24.3 Å². The Labute approximate surface area is 106 Å². The second-order valence-corrected chi connectivity index (χ2v) is 5.19. The van der Waals surface area contributed by atoms with Gasteiger partial charge in [0, 0.05) is 11.1 Å². The minimum absolute atomic E-state index is 0.237. The molecule has 0 aliphatic heterocycles. The summed E-state index contributed by atoms with van der Waals surface area (Å²) in [4.78, 5) is 0. The van der Waals surface area contributed by atoms with Crippen LogP contribution in [-0.2, 0) is 0 Å². The quantitative estimate of drug-likeness (QED) is 0.868. The Bertz CT molecular complexity index is 295. The van der Waals surface area contributed by atoms with Gasteiger partial charge in [-0.2, -0.15) is 0 Å². The zero-order chi connectivity index (χ0) is 12.0. The number of aliphatic hydroxyl groups excluding tert-OH is 1. The van der Waals surface area contributed by atoms with Crippen LogP contribution in [-0.4, -0.2) is 18.3 Å². The number of ether oxygens (including phenoxy) is 1. The molecule has 0 saturated heterocycles. The van der Waals surface area contributed by atoms with Gasteiger partial charge in [0.1, 0.15) is 5.75 Å². The first-order valence-electron chi connectivity index (χ1n) is 5.62. The van der Waals surface area contributed by atoms with Gasteiger partial charge in [-0.25, -0.2) is 0 Å². The van der Waals surface area contributed by atoms with E-state index >= 15 is 0 Å². The molecule has 0 saturated carbocycles. The average Bonchev–Trinajstić information content (AvgIpc) is 2.26. The van der Waals surface area contributed by atoms with Crippen LogP contribution in [0.3, 0.4) is 0 Å². The summed E-state index contributed by atoms with van der Waals surface area (Å²) in [7, 11) is 0. The molecular weight excluding hydrogens is 268 g/mol. The molecule has 16 heavy (non-hydrogen) atoms. The predicted octanol–water partition coefficient (Wildman–Crippen LogP) is 3.48. The van der Waals surface area contributed by atoms with E-state index < -0.39 is 0 Å². The van der Waals surface area contributed by atoms with E-state index in [0.717, 1.165) is 16.6 Å². The van der Waals surface area contributed by atoms with Gasteiger partial charge in [-0.05, 0) is 42.5 Å². The molecule has 2 nitrogen and oxygen atoms in total. The summed E-state index contributed by atoms with van der Waals surface area (Å²) < 4.78 is 6.66. The van der Waals surface area contributed by atoms with Crippen molar-refractivity contribution < 1.29 is 9.84 Å². The fourth-order valence-electron chi connectivity index (χ4n) is 1.49. The molecule has 1 aromatic carbocycles. The van der Waals surface area contributed by atoms with Crippen molar-refractivity contribution in [1.82, 2.24) is 0 Å². The first-order chi connectivity index (χ1) is 7.63. The average molecular weight is 287 g/mol. The summed E-state index contributed by atoms with van der Waals surface area (Å²) in [6, 6.07) is 7.80. The number of benzene rings is 1. The van der Waals surface area contributed by atoms with Crippen molar-refractivity contribution in [2.24, 2.45) is 11.8 Å². The molecule has 1 rings (SSSR count). The fraction of sp³-hybridized carbons (Fsp3) is 0.538. The van der Waals surface area contributed by atoms with Gasteiger partial charge in [0.2, 0.25) is 0 Å². The molecule has 0 aromatic heterocycles. The third-order valence-electron chi connectivity index (χ3n) is 2.75. The first-order valence-corrected chi connectivity index (χ1v) is 6.42. The lowest BCUT2D eigenvalue weighted by atomic mass is 9.94. The minimum atomic E-state index is 0.237. The number of aliphatic hydroxyl groups is 1. The Morgan fingerprint density at radius 2 is 1.88 bits per heavy atom. The van der Waals surface area contributed by atoms with E-state index in [2.05, 4.69) is 29.8 Å². The normalized spacial score (nSPS) is 12.8. The van der Waals surface area contributed by atoms with Gasteiger partial charge in [-0.1, -0.05) is 29.8 Å². The number of hydrogen-bond acceptors (Lipinski definition) is 2. The Morgan fingerprint density at radius 3 is 2.38 bits per heavy atom. The minimum Gasteiger partial charge on any atom is -0.494 e. The maximum absolute atomic E-state index is 9.17. The molecule has 0 fully saturated rings. The Balaban J connectivity index is 2.32. The molecule has 0 heterocycles. The van der Waals surface area contributed by atoms with Crippen LogP contribution in [0.25, 0.3) is 0 Å². The second kappa shape index (κ2) is 6.92. The number of hydrogen-bond donors (Lipinski definition) is 1. The van der Waals surface area contributed by atoms with Crippen LogP contribution in [0, 0.1) is 11.8 Å². The summed E-state index contributed by atoms with van der Waals surface area (Å²) in [6.45, 7) is 5.15. The zero-order valence-corrected chi connectivity index (χ0v) is 11.4. The first kappa shape index (κ1) is 13.5. The van der Waals surface area contributed by atoms with Crippen LogP contribution in [0.5, 0.6) is 5.75 Å². The molecule has 1 unspecified atom stereocenters. The molecule has 1 atom stereocenters. The molecule has 0 amide bonds. The van der Waals surface area contributed by atoms with Crippen LogP contribution in [0.1, 0.15) is 20.3 Å². The summed E-state index contributed by atoms with van der Waals surface area (Å²) >= 11 is 3.38. The van der Waals surface area contributed by atoms with Crippen LogP contribution in [0.4, 0.5) is 0 Å². The van der Waals surface area contributed by atoms with Crippen molar-refractivity contribution in [3.8, 4) is 5.75 Å². The molecule has 90 valence electrons. The van der Waals surface area contributed by atoms with Crippen molar-refractivity contribution in [3.63, 3.8) is 0 Å². The summed E-state index contributed by atoms with van der Waals surface area (Å²) in [5.74, 6) is 1.71. The molecule has 0 radical (unpaired) electrons. The van der Waals surface area contributed by atoms with E-state index in [0.29, 0.717) is 18.4 Å². The SMILES string of the molecule is CC(C)C(CO)CCOc1ccc(Br)cc1. The van der Waals surface area contributed by atoms with E-state index in [1.165, 1.54) is 0 Å². The van der Waals surface area contributed by atoms with Gasteiger partial charge < -0.3 is 9.84 Å². The topological polar surface area (TPSA) is 29.5 Å². The monoisotopic (exact) mass is 286 g/mol.